The van der Waals surface area contributed by atoms with Crippen molar-refractivity contribution in [1.29, 1.82) is 0 Å². The Morgan fingerprint density at radius 2 is 1.79 bits per heavy atom. The molecule has 24 heavy (non-hydrogen) atoms. The number of benzene rings is 1. The summed E-state index contributed by atoms with van der Waals surface area (Å²) in [6.07, 6.45) is 2.23. The lowest BCUT2D eigenvalue weighted by molar-refractivity contribution is -0.145. The van der Waals surface area contributed by atoms with Crippen molar-refractivity contribution in [3.8, 4) is 0 Å². The third kappa shape index (κ3) is 3.85. The summed E-state index contributed by atoms with van der Waals surface area (Å²) in [4.78, 5) is 13.8. The molecular formula is C17H22N2O4S. The maximum absolute atomic E-state index is 12.4. The summed E-state index contributed by atoms with van der Waals surface area (Å²) in [5.41, 5.74) is 0.849. The van der Waals surface area contributed by atoms with Gasteiger partial charge in [0, 0.05) is 38.0 Å². The second kappa shape index (κ2) is 7.04. The highest BCUT2D eigenvalue weighted by Crippen LogP contribution is 2.22. The number of nitrogens with zero attached hydrogens (tertiary/aromatic N) is 2. The van der Waals surface area contributed by atoms with Crippen LogP contribution in [0, 0.1) is 0 Å². The van der Waals surface area contributed by atoms with Crippen LogP contribution in [0.15, 0.2) is 35.7 Å². The Hall–Kier alpha value is -1.70. The third-order valence-electron chi connectivity index (χ3n) is 4.45. The number of cyclic esters (lactones) is 1. The molecule has 0 N–H and O–H groups in total. The Labute approximate surface area is 142 Å². The second-order valence-electron chi connectivity index (χ2n) is 6.19. The molecule has 0 aliphatic carbocycles. The van der Waals surface area contributed by atoms with Gasteiger partial charge in [0.2, 0.25) is 10.0 Å². The van der Waals surface area contributed by atoms with Gasteiger partial charge in [-0.05, 0) is 18.6 Å². The average Bonchev–Trinajstić information content (AvgIpc) is 2.93. The number of hydrogen-bond acceptors (Lipinski definition) is 5. The number of ether oxygens (including phenoxy) is 1. The molecule has 1 aromatic rings. The Morgan fingerprint density at radius 1 is 1.12 bits per heavy atom. The van der Waals surface area contributed by atoms with Gasteiger partial charge in [0.1, 0.15) is 12.1 Å². The van der Waals surface area contributed by atoms with Crippen LogP contribution >= 0.6 is 0 Å². The van der Waals surface area contributed by atoms with Gasteiger partial charge < -0.3 is 4.74 Å². The van der Waals surface area contributed by atoms with Gasteiger partial charge in [-0.1, -0.05) is 30.3 Å². The topological polar surface area (TPSA) is 66.9 Å². The summed E-state index contributed by atoms with van der Waals surface area (Å²) < 4.78 is 31.5. The molecule has 0 radical (unpaired) electrons. The van der Waals surface area contributed by atoms with Crippen molar-refractivity contribution in [1.82, 2.24) is 9.21 Å². The fourth-order valence-electron chi connectivity index (χ4n) is 3.12. The molecule has 0 aromatic heterocycles. The summed E-state index contributed by atoms with van der Waals surface area (Å²) >= 11 is 0. The van der Waals surface area contributed by atoms with Crippen LogP contribution in [0.3, 0.4) is 0 Å². The van der Waals surface area contributed by atoms with Crippen molar-refractivity contribution in [3.05, 3.63) is 41.3 Å². The minimum absolute atomic E-state index is 0.0573. The van der Waals surface area contributed by atoms with Gasteiger partial charge in [-0.2, -0.15) is 4.31 Å². The smallest absolute Gasteiger partial charge is 0.323 e. The molecule has 0 bridgehead atoms. The summed E-state index contributed by atoms with van der Waals surface area (Å²) in [5, 5.41) is 1.25. The van der Waals surface area contributed by atoms with Crippen LogP contribution in [-0.4, -0.2) is 61.9 Å². The highest BCUT2D eigenvalue weighted by Gasteiger charge is 2.38. The highest BCUT2D eigenvalue weighted by atomic mass is 32.2. The molecule has 130 valence electrons. The standard InChI is InChI=1S/C17H22N2O4S/c1-14-13-16(17(20)23-14)18-8-10-19(11-9-18)24(21,22)12-7-15-5-3-2-4-6-15/h2-7,12,14,16H,8-11,13H2,1H3/b12-7-/t14-,16-/m1/s1. The zero-order valence-corrected chi connectivity index (χ0v) is 14.5. The summed E-state index contributed by atoms with van der Waals surface area (Å²) in [6, 6.07) is 9.11. The monoisotopic (exact) mass is 350 g/mol. The van der Waals surface area contributed by atoms with E-state index < -0.39 is 10.0 Å². The van der Waals surface area contributed by atoms with Gasteiger partial charge in [0.25, 0.3) is 0 Å². The van der Waals surface area contributed by atoms with E-state index in [0.29, 0.717) is 32.6 Å². The lowest BCUT2D eigenvalue weighted by Crippen LogP contribution is -2.52. The van der Waals surface area contributed by atoms with Gasteiger partial charge >= 0.3 is 5.97 Å². The van der Waals surface area contributed by atoms with Crippen molar-refractivity contribution >= 4 is 22.1 Å². The Morgan fingerprint density at radius 3 is 2.38 bits per heavy atom. The molecule has 0 unspecified atom stereocenters. The van der Waals surface area contributed by atoms with Crippen molar-refractivity contribution < 1.29 is 17.9 Å². The van der Waals surface area contributed by atoms with Crippen LogP contribution in [0.4, 0.5) is 0 Å². The van der Waals surface area contributed by atoms with Crippen LogP contribution in [0.5, 0.6) is 0 Å². The average molecular weight is 350 g/mol. The first kappa shape index (κ1) is 17.1. The number of carbonyl (C=O) groups is 1. The third-order valence-corrected chi connectivity index (χ3v) is 6.02. The lowest BCUT2D eigenvalue weighted by Gasteiger charge is -2.35. The van der Waals surface area contributed by atoms with E-state index in [1.165, 1.54) is 9.71 Å². The molecule has 1 aromatic carbocycles. The lowest BCUT2D eigenvalue weighted by atomic mass is 10.1. The zero-order valence-electron chi connectivity index (χ0n) is 13.7. The summed E-state index contributed by atoms with van der Waals surface area (Å²) in [5.74, 6) is -0.192. The first-order valence-corrected chi connectivity index (χ1v) is 9.64. The first-order chi connectivity index (χ1) is 11.5. The molecule has 7 heteroatoms. The zero-order chi connectivity index (χ0) is 17.2. The van der Waals surface area contributed by atoms with Gasteiger partial charge in [0.15, 0.2) is 0 Å². The van der Waals surface area contributed by atoms with Gasteiger partial charge in [-0.25, -0.2) is 8.42 Å². The maximum Gasteiger partial charge on any atom is 0.323 e. The molecule has 0 amide bonds. The summed E-state index contributed by atoms with van der Waals surface area (Å²) in [6.45, 7) is 3.75. The molecule has 0 spiro atoms. The number of rotatable bonds is 4. The van der Waals surface area contributed by atoms with E-state index >= 15 is 0 Å². The van der Waals surface area contributed by atoms with Crippen molar-refractivity contribution in [2.24, 2.45) is 0 Å². The predicted octanol–water partition coefficient (Wildman–Crippen LogP) is 1.31. The fraction of sp³-hybridized carbons (Fsp3) is 0.471. The molecule has 0 saturated carbocycles. The van der Waals surface area contributed by atoms with E-state index in [9.17, 15) is 13.2 Å². The van der Waals surface area contributed by atoms with Crippen LogP contribution < -0.4 is 0 Å². The van der Waals surface area contributed by atoms with Crippen LogP contribution in [0.1, 0.15) is 18.9 Å². The largest absolute Gasteiger partial charge is 0.461 e. The number of piperazine rings is 1. The Kier molecular flexibility index (Phi) is 5.03. The van der Waals surface area contributed by atoms with Crippen molar-refractivity contribution in [2.45, 2.75) is 25.5 Å². The fourth-order valence-corrected chi connectivity index (χ4v) is 4.29. The molecule has 2 aliphatic rings. The van der Waals surface area contributed by atoms with Gasteiger partial charge in [0.05, 0.1) is 0 Å². The predicted molar refractivity (Wildman–Crippen MR) is 91.5 cm³/mol. The molecule has 3 rings (SSSR count). The maximum atomic E-state index is 12.4. The first-order valence-electron chi connectivity index (χ1n) is 8.13. The van der Waals surface area contributed by atoms with E-state index in [4.69, 9.17) is 4.74 Å². The summed E-state index contributed by atoms with van der Waals surface area (Å²) in [7, 11) is -3.44. The molecule has 2 atom stereocenters. The SMILES string of the molecule is C[C@@H]1C[C@@H](N2CCN(S(=O)(=O)/C=C\c3ccccc3)CC2)C(=O)O1. The Balaban J connectivity index is 1.59. The van der Waals surface area contributed by atoms with E-state index in [2.05, 4.69) is 0 Å². The van der Waals surface area contributed by atoms with Gasteiger partial charge in [-0.3, -0.25) is 9.69 Å². The normalized spacial score (nSPS) is 26.8. The Bertz CT molecular complexity index is 709. The highest BCUT2D eigenvalue weighted by molar-refractivity contribution is 7.92. The molecule has 6 nitrogen and oxygen atoms in total. The van der Waals surface area contributed by atoms with Crippen molar-refractivity contribution in [2.75, 3.05) is 26.2 Å². The molecule has 2 aliphatic heterocycles. The van der Waals surface area contributed by atoms with E-state index in [-0.39, 0.29) is 18.1 Å². The van der Waals surface area contributed by atoms with Gasteiger partial charge in [-0.15, -0.1) is 0 Å². The minimum atomic E-state index is -3.44. The number of esters is 1. The van der Waals surface area contributed by atoms with Crippen LogP contribution in [0.2, 0.25) is 0 Å². The molecule has 2 saturated heterocycles. The minimum Gasteiger partial charge on any atom is -0.461 e. The number of carbonyl (C=O) groups excluding carboxylic acids is 1. The number of hydrogen-bond donors (Lipinski definition) is 0. The van der Waals surface area contributed by atoms with E-state index in [0.717, 1.165) is 5.56 Å². The van der Waals surface area contributed by atoms with Crippen LogP contribution in [0.25, 0.3) is 6.08 Å². The number of sulfonamides is 1. The molecular weight excluding hydrogens is 328 g/mol. The molecule has 2 heterocycles. The molecule has 2 fully saturated rings. The van der Waals surface area contributed by atoms with E-state index in [1.807, 2.05) is 42.2 Å². The quantitative estimate of drug-likeness (QED) is 0.766. The van der Waals surface area contributed by atoms with E-state index in [1.54, 1.807) is 6.08 Å². The van der Waals surface area contributed by atoms with Crippen molar-refractivity contribution in [3.63, 3.8) is 0 Å². The second-order valence-corrected chi connectivity index (χ2v) is 8.01. The van der Waals surface area contributed by atoms with Crippen LogP contribution in [-0.2, 0) is 19.6 Å².